The number of nitrogens with one attached hydrogen (secondary N) is 2. The molecule has 1 aromatic heterocycles. The van der Waals surface area contributed by atoms with Gasteiger partial charge in [-0.05, 0) is 37.0 Å². The fraction of sp³-hybridized carbons (Fsp3) is 0.412. The number of para-hydroxylation sites is 1. The molecule has 0 saturated carbocycles. The Kier molecular flexibility index (Phi) is 4.85. The zero-order chi connectivity index (χ0) is 15.2. The molecule has 5 heteroatoms. The fourth-order valence-corrected chi connectivity index (χ4v) is 2.61. The highest BCUT2D eigenvalue weighted by molar-refractivity contribution is 5.59. The lowest BCUT2D eigenvalue weighted by atomic mass is 10.1. The molecule has 1 aliphatic heterocycles. The van der Waals surface area contributed by atoms with Crippen LogP contribution in [0.1, 0.15) is 25.3 Å². The van der Waals surface area contributed by atoms with Gasteiger partial charge in [0, 0.05) is 25.0 Å². The van der Waals surface area contributed by atoms with Crippen LogP contribution in [0.25, 0.3) is 0 Å². The molecule has 116 valence electrons. The Labute approximate surface area is 131 Å². The van der Waals surface area contributed by atoms with E-state index in [0.29, 0.717) is 12.1 Å². The van der Waals surface area contributed by atoms with Crippen LogP contribution < -0.4 is 10.6 Å². The molecule has 2 aromatic rings. The number of ether oxygens (including phenoxy) is 1. The van der Waals surface area contributed by atoms with Crippen LogP contribution in [0.2, 0.25) is 0 Å². The average molecular weight is 298 g/mol. The standard InChI is InChI=1S/C17H22N4O/c1-2-13-6-3-4-8-15(13)20-17-18-10-9-16(21-17)19-12-14-7-5-11-22-14/h3-4,6,8-10,14H,2,5,7,11-12H2,1H3,(H2,18,19,20,21). The van der Waals surface area contributed by atoms with Crippen LogP contribution in [0.5, 0.6) is 0 Å². The normalized spacial score (nSPS) is 17.4. The molecule has 1 saturated heterocycles. The third-order valence-electron chi connectivity index (χ3n) is 3.84. The van der Waals surface area contributed by atoms with Gasteiger partial charge in [-0.3, -0.25) is 0 Å². The van der Waals surface area contributed by atoms with E-state index in [-0.39, 0.29) is 0 Å². The summed E-state index contributed by atoms with van der Waals surface area (Å²) in [4.78, 5) is 8.81. The number of anilines is 3. The van der Waals surface area contributed by atoms with Crippen molar-refractivity contribution >= 4 is 17.5 Å². The minimum absolute atomic E-state index is 0.298. The van der Waals surface area contributed by atoms with E-state index >= 15 is 0 Å². The second-order valence-corrected chi connectivity index (χ2v) is 5.42. The first-order valence-corrected chi connectivity index (χ1v) is 7.88. The Balaban J connectivity index is 1.65. The zero-order valence-electron chi connectivity index (χ0n) is 12.9. The monoisotopic (exact) mass is 298 g/mol. The molecular weight excluding hydrogens is 276 g/mol. The first kappa shape index (κ1) is 14.8. The molecule has 0 aliphatic carbocycles. The van der Waals surface area contributed by atoms with E-state index in [2.05, 4.69) is 39.7 Å². The molecular formula is C17H22N4O. The van der Waals surface area contributed by atoms with E-state index in [4.69, 9.17) is 4.74 Å². The van der Waals surface area contributed by atoms with Gasteiger partial charge in [-0.1, -0.05) is 25.1 Å². The third-order valence-corrected chi connectivity index (χ3v) is 3.84. The summed E-state index contributed by atoms with van der Waals surface area (Å²) in [6.45, 7) is 3.81. The van der Waals surface area contributed by atoms with Crippen molar-refractivity contribution in [3.63, 3.8) is 0 Å². The van der Waals surface area contributed by atoms with Gasteiger partial charge in [0.25, 0.3) is 0 Å². The van der Waals surface area contributed by atoms with Crippen LogP contribution in [0.4, 0.5) is 17.5 Å². The topological polar surface area (TPSA) is 59.1 Å². The van der Waals surface area contributed by atoms with Gasteiger partial charge in [-0.2, -0.15) is 4.98 Å². The summed E-state index contributed by atoms with van der Waals surface area (Å²) in [5.74, 6) is 1.43. The number of benzene rings is 1. The molecule has 0 radical (unpaired) electrons. The molecule has 2 heterocycles. The van der Waals surface area contributed by atoms with Crippen molar-refractivity contribution in [3.05, 3.63) is 42.1 Å². The van der Waals surface area contributed by atoms with E-state index < -0.39 is 0 Å². The van der Waals surface area contributed by atoms with E-state index in [1.165, 1.54) is 5.56 Å². The van der Waals surface area contributed by atoms with Crippen LogP contribution in [0.3, 0.4) is 0 Å². The number of nitrogens with zero attached hydrogens (tertiary/aromatic N) is 2. The van der Waals surface area contributed by atoms with E-state index in [1.54, 1.807) is 6.20 Å². The van der Waals surface area contributed by atoms with Gasteiger partial charge < -0.3 is 15.4 Å². The molecule has 2 N–H and O–H groups in total. The molecule has 3 rings (SSSR count). The summed E-state index contributed by atoms with van der Waals surface area (Å²) in [5.41, 5.74) is 2.31. The highest BCUT2D eigenvalue weighted by atomic mass is 16.5. The predicted octanol–water partition coefficient (Wildman–Crippen LogP) is 3.37. The fourth-order valence-electron chi connectivity index (χ4n) is 2.61. The molecule has 1 fully saturated rings. The maximum Gasteiger partial charge on any atom is 0.229 e. The first-order chi connectivity index (χ1) is 10.8. The van der Waals surface area contributed by atoms with Crippen molar-refractivity contribution in [2.75, 3.05) is 23.8 Å². The van der Waals surface area contributed by atoms with Crippen LogP contribution >= 0.6 is 0 Å². The largest absolute Gasteiger partial charge is 0.376 e. The van der Waals surface area contributed by atoms with E-state index in [9.17, 15) is 0 Å². The highest BCUT2D eigenvalue weighted by Gasteiger charge is 2.15. The van der Waals surface area contributed by atoms with Crippen molar-refractivity contribution in [3.8, 4) is 0 Å². The molecule has 0 bridgehead atoms. The minimum Gasteiger partial charge on any atom is -0.376 e. The summed E-state index contributed by atoms with van der Waals surface area (Å²) in [6, 6.07) is 10.1. The van der Waals surface area contributed by atoms with Gasteiger partial charge in [0.2, 0.25) is 5.95 Å². The number of hydrogen-bond donors (Lipinski definition) is 2. The lowest BCUT2D eigenvalue weighted by Crippen LogP contribution is -2.19. The summed E-state index contributed by atoms with van der Waals surface area (Å²) in [7, 11) is 0. The van der Waals surface area contributed by atoms with E-state index in [1.807, 2.05) is 18.2 Å². The van der Waals surface area contributed by atoms with Crippen molar-refractivity contribution in [2.45, 2.75) is 32.3 Å². The minimum atomic E-state index is 0.298. The van der Waals surface area contributed by atoms with Crippen LogP contribution in [0, 0.1) is 0 Å². The first-order valence-electron chi connectivity index (χ1n) is 7.88. The second-order valence-electron chi connectivity index (χ2n) is 5.42. The van der Waals surface area contributed by atoms with Gasteiger partial charge in [0.15, 0.2) is 0 Å². The Bertz CT molecular complexity index is 611. The van der Waals surface area contributed by atoms with Crippen LogP contribution in [0.15, 0.2) is 36.5 Å². The van der Waals surface area contributed by atoms with Crippen LogP contribution in [-0.2, 0) is 11.2 Å². The Hall–Kier alpha value is -2.14. The number of hydrogen-bond acceptors (Lipinski definition) is 5. The molecule has 1 aliphatic rings. The lowest BCUT2D eigenvalue weighted by Gasteiger charge is -2.13. The van der Waals surface area contributed by atoms with Crippen molar-refractivity contribution < 1.29 is 4.74 Å². The maximum atomic E-state index is 5.61. The predicted molar refractivity (Wildman–Crippen MR) is 88.6 cm³/mol. The van der Waals surface area contributed by atoms with Gasteiger partial charge in [-0.15, -0.1) is 0 Å². The second kappa shape index (κ2) is 7.22. The summed E-state index contributed by atoms with van der Waals surface area (Å²) >= 11 is 0. The average Bonchev–Trinajstić information content (AvgIpc) is 3.07. The van der Waals surface area contributed by atoms with Crippen LogP contribution in [-0.4, -0.2) is 29.2 Å². The number of aryl methyl sites for hydroxylation is 1. The molecule has 0 spiro atoms. The molecule has 1 atom stereocenters. The maximum absolute atomic E-state index is 5.61. The molecule has 22 heavy (non-hydrogen) atoms. The van der Waals surface area contributed by atoms with Crippen molar-refractivity contribution in [2.24, 2.45) is 0 Å². The number of rotatable bonds is 6. The van der Waals surface area contributed by atoms with Gasteiger partial charge >= 0.3 is 0 Å². The molecule has 5 nitrogen and oxygen atoms in total. The summed E-state index contributed by atoms with van der Waals surface area (Å²) < 4.78 is 5.61. The van der Waals surface area contributed by atoms with Gasteiger partial charge in [0.05, 0.1) is 6.10 Å². The summed E-state index contributed by atoms with van der Waals surface area (Å²) in [6.07, 6.45) is 5.30. The third kappa shape index (κ3) is 3.74. The lowest BCUT2D eigenvalue weighted by molar-refractivity contribution is 0.120. The van der Waals surface area contributed by atoms with E-state index in [0.717, 1.165) is 43.9 Å². The van der Waals surface area contributed by atoms with Crippen molar-refractivity contribution in [1.29, 1.82) is 0 Å². The summed E-state index contributed by atoms with van der Waals surface area (Å²) in [5, 5.41) is 6.62. The number of aromatic nitrogens is 2. The smallest absolute Gasteiger partial charge is 0.229 e. The van der Waals surface area contributed by atoms with Gasteiger partial charge in [-0.25, -0.2) is 4.98 Å². The Morgan fingerprint density at radius 1 is 1.27 bits per heavy atom. The zero-order valence-corrected chi connectivity index (χ0v) is 12.9. The Morgan fingerprint density at radius 3 is 3.00 bits per heavy atom. The van der Waals surface area contributed by atoms with Crippen molar-refractivity contribution in [1.82, 2.24) is 9.97 Å². The molecule has 1 aromatic carbocycles. The van der Waals surface area contributed by atoms with Gasteiger partial charge in [0.1, 0.15) is 5.82 Å². The quantitative estimate of drug-likeness (QED) is 0.856. The molecule has 0 amide bonds. The highest BCUT2D eigenvalue weighted by Crippen LogP contribution is 2.20. The molecule has 1 unspecified atom stereocenters. The Morgan fingerprint density at radius 2 is 2.18 bits per heavy atom. The SMILES string of the molecule is CCc1ccccc1Nc1nccc(NCC2CCCO2)n1.